The van der Waals surface area contributed by atoms with Crippen molar-refractivity contribution in [3.8, 4) is 0 Å². The van der Waals surface area contributed by atoms with Gasteiger partial charge in [0.25, 0.3) is 0 Å². The van der Waals surface area contributed by atoms with Crippen LogP contribution in [0.1, 0.15) is 27.0 Å². The Hall–Kier alpha value is -2.17. The molecule has 0 radical (unpaired) electrons. The van der Waals surface area contributed by atoms with Gasteiger partial charge in [-0.2, -0.15) is 0 Å². The highest BCUT2D eigenvalue weighted by Gasteiger charge is 2.26. The Morgan fingerprint density at radius 3 is 1.45 bits per heavy atom. The third-order valence-corrected chi connectivity index (χ3v) is 3.02. The molecule has 0 aromatic heterocycles. The van der Waals surface area contributed by atoms with Crippen LogP contribution in [0.5, 0.6) is 0 Å². The predicted octanol–water partition coefficient (Wildman–Crippen LogP) is 4.09. The molecule has 0 heterocycles. The Bertz CT molecular complexity index is 648. The van der Waals surface area contributed by atoms with Gasteiger partial charge in [0, 0.05) is 0 Å². The van der Waals surface area contributed by atoms with Crippen molar-refractivity contribution in [1.82, 2.24) is 0 Å². The summed E-state index contributed by atoms with van der Waals surface area (Å²) in [5, 5.41) is 0. The topological polar surface area (TPSA) is 17.1 Å². The van der Waals surface area contributed by atoms with Gasteiger partial charge in [-0.1, -0.05) is 12.1 Å². The number of halogens is 4. The monoisotopic (exact) mass is 282 g/mol. The number of hydrogen-bond donors (Lipinski definition) is 0. The van der Waals surface area contributed by atoms with Gasteiger partial charge < -0.3 is 0 Å². The minimum Gasteiger partial charge on any atom is -0.288 e. The van der Waals surface area contributed by atoms with Crippen LogP contribution >= 0.6 is 0 Å². The van der Waals surface area contributed by atoms with Crippen LogP contribution in [0, 0.1) is 37.1 Å². The molecular formula is C15H10F4O. The maximum absolute atomic E-state index is 13.9. The molecule has 5 heteroatoms. The van der Waals surface area contributed by atoms with Crippen molar-refractivity contribution in [1.29, 1.82) is 0 Å². The average Bonchev–Trinajstić information content (AvgIpc) is 2.39. The second-order valence-corrected chi connectivity index (χ2v) is 4.44. The molecule has 2 rings (SSSR count). The lowest BCUT2D eigenvalue weighted by molar-refractivity contribution is 0.102. The zero-order valence-corrected chi connectivity index (χ0v) is 10.7. The highest BCUT2D eigenvalue weighted by atomic mass is 19.1. The van der Waals surface area contributed by atoms with E-state index in [0.717, 1.165) is 24.3 Å². The molecule has 0 N–H and O–H groups in total. The van der Waals surface area contributed by atoms with Gasteiger partial charge in [0.2, 0.25) is 5.78 Å². The van der Waals surface area contributed by atoms with Gasteiger partial charge >= 0.3 is 0 Å². The number of hydrogen-bond acceptors (Lipinski definition) is 1. The molecule has 0 unspecified atom stereocenters. The summed E-state index contributed by atoms with van der Waals surface area (Å²) in [6, 6.07) is 4.06. The van der Waals surface area contributed by atoms with Gasteiger partial charge in [0.15, 0.2) is 0 Å². The molecule has 2 aromatic carbocycles. The van der Waals surface area contributed by atoms with Crippen molar-refractivity contribution in [3.63, 3.8) is 0 Å². The van der Waals surface area contributed by atoms with E-state index in [0.29, 0.717) is 0 Å². The SMILES string of the molecule is Cc1ccc(F)c(C(=O)c2c(F)ccc(C)c2F)c1F. The molecule has 1 nitrogen and oxygen atoms in total. The smallest absolute Gasteiger partial charge is 0.204 e. The van der Waals surface area contributed by atoms with Crippen molar-refractivity contribution >= 4 is 5.78 Å². The second-order valence-electron chi connectivity index (χ2n) is 4.44. The summed E-state index contributed by atoms with van der Waals surface area (Å²) < 4.78 is 55.0. The molecule has 0 fully saturated rings. The van der Waals surface area contributed by atoms with Crippen LogP contribution in [0.25, 0.3) is 0 Å². The first-order valence-electron chi connectivity index (χ1n) is 5.78. The Balaban J connectivity index is 2.71. The zero-order valence-electron chi connectivity index (χ0n) is 10.7. The predicted molar refractivity (Wildman–Crippen MR) is 65.6 cm³/mol. The van der Waals surface area contributed by atoms with E-state index < -0.39 is 40.2 Å². The molecule has 0 spiro atoms. The van der Waals surface area contributed by atoms with Crippen molar-refractivity contribution in [3.05, 3.63) is 69.8 Å². The van der Waals surface area contributed by atoms with Crippen LogP contribution in [-0.2, 0) is 0 Å². The van der Waals surface area contributed by atoms with E-state index in [9.17, 15) is 22.4 Å². The van der Waals surface area contributed by atoms with Crippen molar-refractivity contribution in [2.75, 3.05) is 0 Å². The van der Waals surface area contributed by atoms with Crippen molar-refractivity contribution in [2.24, 2.45) is 0 Å². The lowest BCUT2D eigenvalue weighted by atomic mass is 9.98. The van der Waals surface area contributed by atoms with Gasteiger partial charge in [-0.15, -0.1) is 0 Å². The maximum Gasteiger partial charge on any atom is 0.204 e. The van der Waals surface area contributed by atoms with Crippen molar-refractivity contribution in [2.45, 2.75) is 13.8 Å². The third kappa shape index (κ3) is 2.19. The molecule has 0 aliphatic carbocycles. The van der Waals surface area contributed by atoms with Gasteiger partial charge in [-0.3, -0.25) is 4.79 Å². The summed E-state index contributed by atoms with van der Waals surface area (Å²) in [6.07, 6.45) is 0. The van der Waals surface area contributed by atoms with Crippen LogP contribution in [-0.4, -0.2) is 5.78 Å². The number of rotatable bonds is 2. The summed E-state index contributed by atoms with van der Waals surface area (Å²) >= 11 is 0. The second kappa shape index (κ2) is 5.07. The van der Waals surface area contributed by atoms with E-state index in [1.54, 1.807) is 0 Å². The molecule has 0 saturated heterocycles. The Kier molecular flexibility index (Phi) is 3.61. The summed E-state index contributed by atoms with van der Waals surface area (Å²) in [6.45, 7) is 2.66. The quantitative estimate of drug-likeness (QED) is 0.599. The Morgan fingerprint density at radius 1 is 0.750 bits per heavy atom. The van der Waals surface area contributed by atoms with E-state index in [4.69, 9.17) is 0 Å². The average molecular weight is 282 g/mol. The summed E-state index contributed by atoms with van der Waals surface area (Å²) in [4.78, 5) is 12.1. The van der Waals surface area contributed by atoms with Gasteiger partial charge in [-0.25, -0.2) is 17.6 Å². The van der Waals surface area contributed by atoms with Gasteiger partial charge in [-0.05, 0) is 37.1 Å². The fourth-order valence-corrected chi connectivity index (χ4v) is 1.85. The van der Waals surface area contributed by atoms with E-state index in [1.165, 1.54) is 13.8 Å². The number of carbonyl (C=O) groups excluding carboxylic acids is 1. The molecule has 0 aliphatic heterocycles. The lowest BCUT2D eigenvalue weighted by Crippen LogP contribution is -2.13. The largest absolute Gasteiger partial charge is 0.288 e. The molecule has 2 aromatic rings. The maximum atomic E-state index is 13.9. The van der Waals surface area contributed by atoms with E-state index in [-0.39, 0.29) is 11.1 Å². The van der Waals surface area contributed by atoms with Crippen LogP contribution < -0.4 is 0 Å². The Labute approximate surface area is 112 Å². The fourth-order valence-electron chi connectivity index (χ4n) is 1.85. The van der Waals surface area contributed by atoms with E-state index >= 15 is 0 Å². The molecule has 0 amide bonds. The Morgan fingerprint density at radius 2 is 1.10 bits per heavy atom. The highest BCUT2D eigenvalue weighted by Crippen LogP contribution is 2.24. The highest BCUT2D eigenvalue weighted by molar-refractivity contribution is 6.09. The van der Waals surface area contributed by atoms with E-state index in [2.05, 4.69) is 0 Å². The summed E-state index contributed by atoms with van der Waals surface area (Å²) in [7, 11) is 0. The summed E-state index contributed by atoms with van der Waals surface area (Å²) in [5.41, 5.74) is -1.87. The number of carbonyl (C=O) groups is 1. The molecule has 0 aliphatic rings. The molecule has 0 saturated carbocycles. The van der Waals surface area contributed by atoms with Crippen LogP contribution in [0.4, 0.5) is 17.6 Å². The first-order chi connectivity index (χ1) is 9.34. The minimum atomic E-state index is -1.34. The lowest BCUT2D eigenvalue weighted by Gasteiger charge is -2.09. The molecule has 20 heavy (non-hydrogen) atoms. The van der Waals surface area contributed by atoms with Crippen LogP contribution in [0.2, 0.25) is 0 Å². The fraction of sp³-hybridized carbons (Fsp3) is 0.133. The first kappa shape index (κ1) is 14.2. The molecule has 0 bridgehead atoms. The van der Waals surface area contributed by atoms with Crippen LogP contribution in [0.3, 0.4) is 0 Å². The number of ketones is 1. The van der Waals surface area contributed by atoms with Gasteiger partial charge in [0.1, 0.15) is 23.3 Å². The first-order valence-corrected chi connectivity index (χ1v) is 5.78. The molecular weight excluding hydrogens is 272 g/mol. The minimum absolute atomic E-state index is 0.0169. The number of aryl methyl sites for hydroxylation is 2. The molecule has 0 atom stereocenters. The van der Waals surface area contributed by atoms with Crippen molar-refractivity contribution < 1.29 is 22.4 Å². The van der Waals surface area contributed by atoms with E-state index in [1.807, 2.05) is 0 Å². The third-order valence-electron chi connectivity index (χ3n) is 3.02. The summed E-state index contributed by atoms with van der Waals surface area (Å²) in [5.74, 6) is -5.88. The standard InChI is InChI=1S/C15H10F4O/c1-7-3-5-9(16)11(13(7)18)15(20)12-10(17)6-4-8(2)14(12)19/h3-6H,1-2H3. The molecule has 104 valence electrons. The normalized spacial score (nSPS) is 10.7. The zero-order chi connectivity index (χ0) is 15.0. The number of benzene rings is 2. The van der Waals surface area contributed by atoms with Crippen LogP contribution in [0.15, 0.2) is 24.3 Å². The van der Waals surface area contributed by atoms with Gasteiger partial charge in [0.05, 0.1) is 11.1 Å².